The number of hydrogen-bond donors (Lipinski definition) is 1. The molecule has 1 aliphatic heterocycles. The summed E-state index contributed by atoms with van der Waals surface area (Å²) in [7, 11) is 0. The van der Waals surface area contributed by atoms with E-state index in [1.165, 1.54) is 24.3 Å². The van der Waals surface area contributed by atoms with Crippen molar-refractivity contribution in [3.63, 3.8) is 0 Å². The average Bonchev–Trinajstić information content (AvgIpc) is 2.14. The Morgan fingerprint density at radius 1 is 1.43 bits per heavy atom. The normalized spacial score (nSPS) is 16.9. The topological polar surface area (TPSA) is 23.5 Å². The van der Waals surface area contributed by atoms with E-state index in [2.05, 4.69) is 36.1 Å². The number of nitrogens with zero attached hydrogens (tertiary/aromatic N) is 1. The van der Waals surface area contributed by atoms with Gasteiger partial charge in [0.25, 0.3) is 0 Å². The predicted octanol–water partition coefficient (Wildman–Crippen LogP) is 1.68. The molecule has 1 heterocycles. The van der Waals surface area contributed by atoms with E-state index < -0.39 is 0 Å². The Morgan fingerprint density at radius 2 is 2.21 bits per heavy atom. The number of benzene rings is 1. The lowest BCUT2D eigenvalue weighted by atomic mass is 10.0. The summed E-state index contributed by atoms with van der Waals surface area (Å²) in [6, 6.07) is 8.47. The zero-order chi connectivity index (χ0) is 9.97. The van der Waals surface area contributed by atoms with Crippen molar-refractivity contribution < 1.29 is 5.11 Å². The SMILES string of the molecule is CC1CN(c2cccc(CCO)c2)C1. The summed E-state index contributed by atoms with van der Waals surface area (Å²) in [6.45, 7) is 4.85. The first-order valence-electron chi connectivity index (χ1n) is 5.24. The first-order chi connectivity index (χ1) is 6.79. The lowest BCUT2D eigenvalue weighted by Crippen LogP contribution is -2.45. The van der Waals surface area contributed by atoms with Crippen LogP contribution < -0.4 is 4.90 Å². The first kappa shape index (κ1) is 9.53. The molecule has 0 aliphatic carbocycles. The average molecular weight is 191 g/mol. The van der Waals surface area contributed by atoms with Crippen molar-refractivity contribution in [3.8, 4) is 0 Å². The maximum Gasteiger partial charge on any atom is 0.0471 e. The lowest BCUT2D eigenvalue weighted by molar-refractivity contribution is 0.299. The molecule has 1 N–H and O–H groups in total. The second-order valence-corrected chi connectivity index (χ2v) is 4.15. The van der Waals surface area contributed by atoms with Gasteiger partial charge < -0.3 is 10.0 Å². The van der Waals surface area contributed by atoms with Crippen LogP contribution in [0.3, 0.4) is 0 Å². The summed E-state index contributed by atoms with van der Waals surface area (Å²) in [5, 5.41) is 8.85. The third-order valence-corrected chi connectivity index (χ3v) is 2.74. The Morgan fingerprint density at radius 3 is 2.86 bits per heavy atom. The quantitative estimate of drug-likeness (QED) is 0.785. The molecule has 2 rings (SSSR count). The molecule has 1 saturated heterocycles. The van der Waals surface area contributed by atoms with E-state index in [9.17, 15) is 0 Å². The van der Waals surface area contributed by atoms with Gasteiger partial charge in [-0.15, -0.1) is 0 Å². The van der Waals surface area contributed by atoms with Crippen molar-refractivity contribution in [2.75, 3.05) is 24.6 Å². The molecule has 0 amide bonds. The Balaban J connectivity index is 2.06. The van der Waals surface area contributed by atoms with Crippen LogP contribution in [0, 0.1) is 5.92 Å². The van der Waals surface area contributed by atoms with Crippen LogP contribution in [-0.4, -0.2) is 24.8 Å². The fraction of sp³-hybridized carbons (Fsp3) is 0.500. The maximum absolute atomic E-state index is 8.85. The summed E-state index contributed by atoms with van der Waals surface area (Å²) < 4.78 is 0. The van der Waals surface area contributed by atoms with Gasteiger partial charge >= 0.3 is 0 Å². The van der Waals surface area contributed by atoms with Crippen molar-refractivity contribution >= 4 is 5.69 Å². The van der Waals surface area contributed by atoms with Gasteiger partial charge in [-0.3, -0.25) is 0 Å². The van der Waals surface area contributed by atoms with Crippen LogP contribution in [0.25, 0.3) is 0 Å². The van der Waals surface area contributed by atoms with E-state index in [1.807, 2.05) is 0 Å². The van der Waals surface area contributed by atoms with Gasteiger partial charge in [0, 0.05) is 25.4 Å². The zero-order valence-electron chi connectivity index (χ0n) is 8.61. The van der Waals surface area contributed by atoms with E-state index in [1.54, 1.807) is 0 Å². The van der Waals surface area contributed by atoms with Gasteiger partial charge in [0.05, 0.1) is 0 Å². The first-order valence-corrected chi connectivity index (χ1v) is 5.24. The standard InChI is InChI=1S/C12H17NO/c1-10-8-13(9-10)12-4-2-3-11(7-12)5-6-14/h2-4,7,10,14H,5-6,8-9H2,1H3. The van der Waals surface area contributed by atoms with Gasteiger partial charge in [-0.05, 0) is 30.0 Å². The third-order valence-electron chi connectivity index (χ3n) is 2.74. The van der Waals surface area contributed by atoms with Gasteiger partial charge in [0.2, 0.25) is 0 Å². The summed E-state index contributed by atoms with van der Waals surface area (Å²) >= 11 is 0. The maximum atomic E-state index is 8.85. The minimum Gasteiger partial charge on any atom is -0.396 e. The van der Waals surface area contributed by atoms with Crippen LogP contribution in [0.5, 0.6) is 0 Å². The van der Waals surface area contributed by atoms with E-state index >= 15 is 0 Å². The van der Waals surface area contributed by atoms with Crippen molar-refractivity contribution in [3.05, 3.63) is 29.8 Å². The Hall–Kier alpha value is -1.02. The summed E-state index contributed by atoms with van der Waals surface area (Å²) in [4.78, 5) is 2.38. The summed E-state index contributed by atoms with van der Waals surface area (Å²) in [6.07, 6.45) is 0.761. The van der Waals surface area contributed by atoms with Crippen LogP contribution in [0.2, 0.25) is 0 Å². The van der Waals surface area contributed by atoms with Gasteiger partial charge in [0.15, 0.2) is 0 Å². The van der Waals surface area contributed by atoms with E-state index in [4.69, 9.17) is 5.11 Å². The molecule has 1 aromatic rings. The molecule has 0 aromatic heterocycles. The number of rotatable bonds is 3. The number of aliphatic hydroxyl groups is 1. The second-order valence-electron chi connectivity index (χ2n) is 4.15. The molecular formula is C12H17NO. The molecule has 14 heavy (non-hydrogen) atoms. The van der Waals surface area contributed by atoms with Gasteiger partial charge in [0.1, 0.15) is 0 Å². The van der Waals surface area contributed by atoms with E-state index in [-0.39, 0.29) is 6.61 Å². The van der Waals surface area contributed by atoms with E-state index in [0.29, 0.717) is 0 Å². The Bertz CT molecular complexity index is 305. The smallest absolute Gasteiger partial charge is 0.0471 e. The second kappa shape index (κ2) is 4.01. The molecule has 0 spiro atoms. The predicted molar refractivity (Wildman–Crippen MR) is 58.6 cm³/mol. The largest absolute Gasteiger partial charge is 0.396 e. The van der Waals surface area contributed by atoms with Crippen LogP contribution in [0.4, 0.5) is 5.69 Å². The van der Waals surface area contributed by atoms with E-state index in [0.717, 1.165) is 12.3 Å². The van der Waals surface area contributed by atoms with Gasteiger partial charge in [-0.25, -0.2) is 0 Å². The van der Waals surface area contributed by atoms with Gasteiger partial charge in [-0.2, -0.15) is 0 Å². The summed E-state index contributed by atoms with van der Waals surface area (Å²) in [5.41, 5.74) is 2.53. The molecule has 76 valence electrons. The minimum absolute atomic E-state index is 0.236. The van der Waals surface area contributed by atoms with Gasteiger partial charge in [-0.1, -0.05) is 19.1 Å². The molecule has 0 unspecified atom stereocenters. The van der Waals surface area contributed by atoms with Crippen LogP contribution >= 0.6 is 0 Å². The zero-order valence-corrected chi connectivity index (χ0v) is 8.61. The van der Waals surface area contributed by atoms with Crippen molar-refractivity contribution in [1.82, 2.24) is 0 Å². The molecule has 0 saturated carbocycles. The monoisotopic (exact) mass is 191 g/mol. The molecule has 1 aliphatic rings. The molecule has 0 bridgehead atoms. The number of anilines is 1. The van der Waals surface area contributed by atoms with Crippen LogP contribution in [-0.2, 0) is 6.42 Å². The minimum atomic E-state index is 0.236. The highest BCUT2D eigenvalue weighted by molar-refractivity contribution is 5.50. The highest BCUT2D eigenvalue weighted by Gasteiger charge is 2.22. The van der Waals surface area contributed by atoms with Crippen molar-refractivity contribution in [2.24, 2.45) is 5.92 Å². The molecular weight excluding hydrogens is 174 g/mol. The molecule has 2 nitrogen and oxygen atoms in total. The number of aliphatic hydroxyl groups excluding tert-OH is 1. The molecule has 2 heteroatoms. The highest BCUT2D eigenvalue weighted by Crippen LogP contribution is 2.24. The fourth-order valence-corrected chi connectivity index (χ4v) is 1.95. The fourth-order valence-electron chi connectivity index (χ4n) is 1.95. The molecule has 1 fully saturated rings. The van der Waals surface area contributed by atoms with Crippen LogP contribution in [0.15, 0.2) is 24.3 Å². The summed E-state index contributed by atoms with van der Waals surface area (Å²) in [5.74, 6) is 0.830. The Labute approximate surface area is 85.2 Å². The lowest BCUT2D eigenvalue weighted by Gasteiger charge is -2.39. The molecule has 0 radical (unpaired) electrons. The van der Waals surface area contributed by atoms with Crippen molar-refractivity contribution in [1.29, 1.82) is 0 Å². The molecule has 0 atom stereocenters. The molecule has 1 aromatic carbocycles. The third kappa shape index (κ3) is 1.90. The van der Waals surface area contributed by atoms with Crippen molar-refractivity contribution in [2.45, 2.75) is 13.3 Å². The highest BCUT2D eigenvalue weighted by atomic mass is 16.2. The number of hydrogen-bond acceptors (Lipinski definition) is 2. The van der Waals surface area contributed by atoms with Crippen LogP contribution in [0.1, 0.15) is 12.5 Å². The Kier molecular flexibility index (Phi) is 2.73.